The van der Waals surface area contributed by atoms with E-state index in [4.69, 9.17) is 26.4 Å². The maximum atomic E-state index is 5.21. The minimum Gasteiger partial charge on any atom is -0.493 e. The van der Waals surface area contributed by atoms with Crippen molar-refractivity contribution < 1.29 is 14.2 Å². The monoisotopic (exact) mass is 270 g/mol. The third-order valence-corrected chi connectivity index (χ3v) is 2.48. The Morgan fingerprint density at radius 1 is 1.17 bits per heavy atom. The highest BCUT2D eigenvalue weighted by Crippen LogP contribution is 2.29. The number of benzene rings is 1. The Balaban J connectivity index is 2.59. The molecular weight excluding hydrogens is 252 g/mol. The Morgan fingerprint density at radius 2 is 1.89 bits per heavy atom. The van der Waals surface area contributed by atoms with Crippen LogP contribution in [0.15, 0.2) is 18.2 Å². The van der Waals surface area contributed by atoms with E-state index >= 15 is 0 Å². The van der Waals surface area contributed by atoms with Crippen LogP contribution in [0.25, 0.3) is 0 Å². The third kappa shape index (κ3) is 4.38. The van der Waals surface area contributed by atoms with E-state index < -0.39 is 0 Å². The van der Waals surface area contributed by atoms with Crippen LogP contribution >= 0.6 is 12.2 Å². The lowest BCUT2D eigenvalue weighted by molar-refractivity contribution is 0.204. The molecule has 18 heavy (non-hydrogen) atoms. The molecule has 0 atom stereocenters. The lowest BCUT2D eigenvalue weighted by Gasteiger charge is -2.12. The van der Waals surface area contributed by atoms with Crippen molar-refractivity contribution in [1.82, 2.24) is 5.32 Å². The normalized spacial score (nSPS) is 9.72. The molecule has 0 bridgehead atoms. The van der Waals surface area contributed by atoms with E-state index in [1.807, 2.05) is 18.2 Å². The first-order chi connectivity index (χ1) is 8.71. The number of hydrogen-bond donors (Lipinski definition) is 2. The van der Waals surface area contributed by atoms with Crippen molar-refractivity contribution in [3.63, 3.8) is 0 Å². The molecule has 0 fully saturated rings. The summed E-state index contributed by atoms with van der Waals surface area (Å²) >= 11 is 5.14. The van der Waals surface area contributed by atoms with Gasteiger partial charge in [-0.15, -0.1) is 0 Å². The molecule has 1 aromatic carbocycles. The molecule has 100 valence electrons. The molecule has 0 radical (unpaired) electrons. The van der Waals surface area contributed by atoms with Crippen LogP contribution in [-0.2, 0) is 4.74 Å². The summed E-state index contributed by atoms with van der Waals surface area (Å²) < 4.78 is 15.3. The molecule has 0 aromatic heterocycles. The molecule has 6 heteroatoms. The maximum absolute atomic E-state index is 5.21. The van der Waals surface area contributed by atoms with Gasteiger partial charge in [-0.1, -0.05) is 0 Å². The quantitative estimate of drug-likeness (QED) is 0.605. The van der Waals surface area contributed by atoms with Gasteiger partial charge >= 0.3 is 0 Å². The van der Waals surface area contributed by atoms with E-state index in [0.29, 0.717) is 29.8 Å². The Bertz CT molecular complexity index is 399. The Kier molecular flexibility index (Phi) is 6.24. The van der Waals surface area contributed by atoms with Crippen molar-refractivity contribution in [2.45, 2.75) is 0 Å². The van der Waals surface area contributed by atoms with Gasteiger partial charge in [0.05, 0.1) is 20.8 Å². The average Bonchev–Trinajstić information content (AvgIpc) is 2.39. The number of nitrogens with one attached hydrogen (secondary N) is 2. The summed E-state index contributed by atoms with van der Waals surface area (Å²) in [6.45, 7) is 1.27. The average molecular weight is 270 g/mol. The molecule has 1 rings (SSSR count). The number of ether oxygens (including phenoxy) is 3. The van der Waals surface area contributed by atoms with Crippen LogP contribution in [-0.4, -0.2) is 39.6 Å². The number of hydrogen-bond acceptors (Lipinski definition) is 4. The van der Waals surface area contributed by atoms with Gasteiger partial charge in [-0.05, 0) is 24.4 Å². The zero-order valence-electron chi connectivity index (χ0n) is 10.8. The second kappa shape index (κ2) is 7.73. The SMILES string of the molecule is COCCNC(=S)Nc1ccc(OC)c(OC)c1. The summed E-state index contributed by atoms with van der Waals surface area (Å²) in [5.41, 5.74) is 0.836. The molecule has 0 aliphatic carbocycles. The zero-order valence-corrected chi connectivity index (χ0v) is 11.6. The summed E-state index contributed by atoms with van der Waals surface area (Å²) in [4.78, 5) is 0. The van der Waals surface area contributed by atoms with Crippen LogP contribution in [0.1, 0.15) is 0 Å². The fraction of sp³-hybridized carbons (Fsp3) is 0.417. The summed E-state index contributed by atoms with van der Waals surface area (Å²) in [7, 11) is 4.84. The van der Waals surface area contributed by atoms with E-state index in [1.54, 1.807) is 21.3 Å². The lowest BCUT2D eigenvalue weighted by atomic mass is 10.3. The Labute approximate surface area is 112 Å². The van der Waals surface area contributed by atoms with Crippen LogP contribution in [0.3, 0.4) is 0 Å². The molecule has 0 heterocycles. The van der Waals surface area contributed by atoms with Crippen molar-refractivity contribution in [3.8, 4) is 11.5 Å². The summed E-state index contributed by atoms with van der Waals surface area (Å²) in [5, 5.41) is 6.62. The van der Waals surface area contributed by atoms with Gasteiger partial charge in [0, 0.05) is 25.4 Å². The Hall–Kier alpha value is -1.53. The predicted molar refractivity (Wildman–Crippen MR) is 75.6 cm³/mol. The molecule has 0 amide bonds. The van der Waals surface area contributed by atoms with Gasteiger partial charge < -0.3 is 24.8 Å². The molecule has 0 spiro atoms. The van der Waals surface area contributed by atoms with Gasteiger partial charge in [-0.2, -0.15) is 0 Å². The fourth-order valence-corrected chi connectivity index (χ4v) is 1.58. The highest BCUT2D eigenvalue weighted by molar-refractivity contribution is 7.80. The first-order valence-electron chi connectivity index (χ1n) is 5.47. The molecule has 0 saturated heterocycles. The van der Waals surface area contributed by atoms with E-state index in [9.17, 15) is 0 Å². The second-order valence-corrected chi connectivity index (χ2v) is 3.85. The van der Waals surface area contributed by atoms with Gasteiger partial charge in [0.15, 0.2) is 16.6 Å². The third-order valence-electron chi connectivity index (χ3n) is 2.23. The number of anilines is 1. The zero-order chi connectivity index (χ0) is 13.4. The van der Waals surface area contributed by atoms with Gasteiger partial charge in [-0.3, -0.25) is 0 Å². The van der Waals surface area contributed by atoms with Crippen LogP contribution in [0.2, 0.25) is 0 Å². The minimum absolute atomic E-state index is 0.541. The largest absolute Gasteiger partial charge is 0.493 e. The topological polar surface area (TPSA) is 51.8 Å². The molecular formula is C12H18N2O3S. The maximum Gasteiger partial charge on any atom is 0.170 e. The molecule has 5 nitrogen and oxygen atoms in total. The van der Waals surface area contributed by atoms with Crippen molar-refractivity contribution in [1.29, 1.82) is 0 Å². The molecule has 1 aromatic rings. The van der Waals surface area contributed by atoms with Crippen LogP contribution < -0.4 is 20.1 Å². The molecule has 0 saturated carbocycles. The number of rotatable bonds is 6. The van der Waals surface area contributed by atoms with Crippen molar-refractivity contribution in [2.24, 2.45) is 0 Å². The van der Waals surface area contributed by atoms with Crippen molar-refractivity contribution >= 4 is 23.0 Å². The Morgan fingerprint density at radius 3 is 2.50 bits per heavy atom. The van der Waals surface area contributed by atoms with Crippen molar-refractivity contribution in [2.75, 3.05) is 39.8 Å². The number of methoxy groups -OCH3 is 3. The van der Waals surface area contributed by atoms with Gasteiger partial charge in [0.1, 0.15) is 0 Å². The standard InChI is InChI=1S/C12H18N2O3S/c1-15-7-6-13-12(18)14-9-4-5-10(16-2)11(8-9)17-3/h4-5,8H,6-7H2,1-3H3,(H2,13,14,18). The summed E-state index contributed by atoms with van der Waals surface area (Å²) in [5.74, 6) is 1.34. The molecule has 2 N–H and O–H groups in total. The fourth-order valence-electron chi connectivity index (χ4n) is 1.36. The molecule has 0 aliphatic heterocycles. The summed E-state index contributed by atoms with van der Waals surface area (Å²) in [6, 6.07) is 5.51. The second-order valence-electron chi connectivity index (χ2n) is 3.44. The molecule has 0 aliphatic rings. The highest BCUT2D eigenvalue weighted by atomic mass is 32.1. The smallest absolute Gasteiger partial charge is 0.170 e. The lowest BCUT2D eigenvalue weighted by Crippen LogP contribution is -2.31. The predicted octanol–water partition coefficient (Wildman–Crippen LogP) is 1.64. The van der Waals surface area contributed by atoms with E-state index in [-0.39, 0.29) is 0 Å². The van der Waals surface area contributed by atoms with Crippen LogP contribution in [0.4, 0.5) is 5.69 Å². The molecule has 0 unspecified atom stereocenters. The minimum atomic E-state index is 0.541. The highest BCUT2D eigenvalue weighted by Gasteiger charge is 2.05. The number of thiocarbonyl (C=S) groups is 1. The van der Waals surface area contributed by atoms with E-state index in [1.165, 1.54) is 0 Å². The summed E-state index contributed by atoms with van der Waals surface area (Å²) in [6.07, 6.45) is 0. The van der Waals surface area contributed by atoms with Crippen LogP contribution in [0.5, 0.6) is 11.5 Å². The first kappa shape index (κ1) is 14.5. The van der Waals surface area contributed by atoms with E-state index in [0.717, 1.165) is 5.69 Å². The first-order valence-corrected chi connectivity index (χ1v) is 5.88. The van der Waals surface area contributed by atoms with Crippen LogP contribution in [0, 0.1) is 0 Å². The van der Waals surface area contributed by atoms with Gasteiger partial charge in [-0.25, -0.2) is 0 Å². The van der Waals surface area contributed by atoms with Gasteiger partial charge in [0.25, 0.3) is 0 Å². The van der Waals surface area contributed by atoms with Crippen molar-refractivity contribution in [3.05, 3.63) is 18.2 Å². The van der Waals surface area contributed by atoms with Gasteiger partial charge in [0.2, 0.25) is 0 Å². The van der Waals surface area contributed by atoms with E-state index in [2.05, 4.69) is 10.6 Å².